The zero-order valence-electron chi connectivity index (χ0n) is 11.7. The summed E-state index contributed by atoms with van der Waals surface area (Å²) in [6, 6.07) is 7.74. The van der Waals surface area contributed by atoms with Crippen molar-refractivity contribution in [2.75, 3.05) is 26.2 Å². The highest BCUT2D eigenvalue weighted by Gasteiger charge is 2.14. The average molecular weight is 248 g/mol. The molecule has 1 aliphatic heterocycles. The molecular formula is C15H24N2O. The zero-order valence-corrected chi connectivity index (χ0v) is 11.7. The second kappa shape index (κ2) is 7.88. The smallest absolute Gasteiger partial charge is 0.251 e. The maximum absolute atomic E-state index is 11.2. The number of nitrogens with one attached hydrogen (secondary N) is 1. The van der Waals surface area contributed by atoms with E-state index in [-0.39, 0.29) is 5.91 Å². The molecule has 0 bridgehead atoms. The summed E-state index contributed by atoms with van der Waals surface area (Å²) in [6.45, 7) is 10.9. The van der Waals surface area contributed by atoms with Crippen LogP contribution < -0.4 is 5.32 Å². The van der Waals surface area contributed by atoms with Crippen LogP contribution in [0, 0.1) is 0 Å². The van der Waals surface area contributed by atoms with Gasteiger partial charge in [0.1, 0.15) is 0 Å². The number of amides is 1. The number of nitrogens with zero attached hydrogens (tertiary/aromatic N) is 1. The third-order valence-corrected chi connectivity index (χ3v) is 3.28. The van der Waals surface area contributed by atoms with Crippen molar-refractivity contribution >= 4 is 5.91 Å². The molecule has 0 radical (unpaired) electrons. The summed E-state index contributed by atoms with van der Waals surface area (Å²) in [5, 5.41) is 2.80. The van der Waals surface area contributed by atoms with Gasteiger partial charge in [0.15, 0.2) is 0 Å². The highest BCUT2D eigenvalue weighted by atomic mass is 16.1. The Balaban J connectivity index is 0.000000203. The third kappa shape index (κ3) is 4.15. The Morgan fingerprint density at radius 1 is 1.11 bits per heavy atom. The van der Waals surface area contributed by atoms with Crippen LogP contribution in [0.3, 0.4) is 0 Å². The minimum atomic E-state index is 0.0619. The molecule has 3 nitrogen and oxygen atoms in total. The summed E-state index contributed by atoms with van der Waals surface area (Å²) < 4.78 is 0. The SMILES string of the molecule is CCN(CC)CC.O=C1NCCc2ccccc21. The van der Waals surface area contributed by atoms with Gasteiger partial charge >= 0.3 is 0 Å². The second-order valence-corrected chi connectivity index (χ2v) is 4.28. The van der Waals surface area contributed by atoms with Gasteiger partial charge < -0.3 is 10.2 Å². The lowest BCUT2D eigenvalue weighted by Crippen LogP contribution is -2.31. The summed E-state index contributed by atoms with van der Waals surface area (Å²) in [4.78, 5) is 13.5. The Morgan fingerprint density at radius 3 is 2.22 bits per heavy atom. The summed E-state index contributed by atoms with van der Waals surface area (Å²) in [7, 11) is 0. The highest BCUT2D eigenvalue weighted by molar-refractivity contribution is 5.96. The number of hydrogen-bond acceptors (Lipinski definition) is 2. The summed E-state index contributed by atoms with van der Waals surface area (Å²) in [6.07, 6.45) is 0.960. The minimum Gasteiger partial charge on any atom is -0.352 e. The van der Waals surface area contributed by atoms with Crippen molar-refractivity contribution in [2.45, 2.75) is 27.2 Å². The molecule has 18 heavy (non-hydrogen) atoms. The van der Waals surface area contributed by atoms with E-state index < -0.39 is 0 Å². The van der Waals surface area contributed by atoms with Gasteiger partial charge in [-0.3, -0.25) is 4.79 Å². The van der Waals surface area contributed by atoms with Crippen LogP contribution in [-0.2, 0) is 6.42 Å². The van der Waals surface area contributed by atoms with Gasteiger partial charge in [0.05, 0.1) is 0 Å². The van der Waals surface area contributed by atoms with Crippen LogP contribution in [0.5, 0.6) is 0 Å². The minimum absolute atomic E-state index is 0.0619. The van der Waals surface area contributed by atoms with Crippen molar-refractivity contribution in [3.63, 3.8) is 0 Å². The summed E-state index contributed by atoms with van der Waals surface area (Å²) >= 11 is 0. The first-order valence-electron chi connectivity index (χ1n) is 6.81. The van der Waals surface area contributed by atoms with Crippen molar-refractivity contribution in [3.05, 3.63) is 35.4 Å². The molecule has 1 N–H and O–H groups in total. The predicted molar refractivity (Wildman–Crippen MR) is 75.9 cm³/mol. The molecule has 1 amide bonds. The van der Waals surface area contributed by atoms with Crippen molar-refractivity contribution < 1.29 is 4.79 Å². The molecule has 0 saturated heterocycles. The van der Waals surface area contributed by atoms with Gasteiger partial charge in [0, 0.05) is 12.1 Å². The third-order valence-electron chi connectivity index (χ3n) is 3.28. The molecule has 1 aromatic carbocycles. The predicted octanol–water partition coefficient (Wildman–Crippen LogP) is 2.32. The van der Waals surface area contributed by atoms with E-state index in [1.54, 1.807) is 0 Å². The Morgan fingerprint density at radius 2 is 1.72 bits per heavy atom. The maximum atomic E-state index is 11.2. The first kappa shape index (κ1) is 14.7. The van der Waals surface area contributed by atoms with Crippen LogP contribution in [-0.4, -0.2) is 37.0 Å². The van der Waals surface area contributed by atoms with E-state index in [1.165, 1.54) is 19.6 Å². The fourth-order valence-corrected chi connectivity index (χ4v) is 2.04. The lowest BCUT2D eigenvalue weighted by atomic mass is 10.0. The van der Waals surface area contributed by atoms with Gasteiger partial charge in [-0.1, -0.05) is 39.0 Å². The topological polar surface area (TPSA) is 32.3 Å². The Bertz CT molecular complexity index is 367. The van der Waals surface area contributed by atoms with Crippen LogP contribution in [0.4, 0.5) is 0 Å². The molecule has 0 atom stereocenters. The molecular weight excluding hydrogens is 224 g/mol. The number of fused-ring (bicyclic) bond motifs is 1. The average Bonchev–Trinajstić information content (AvgIpc) is 2.42. The van der Waals surface area contributed by atoms with E-state index in [9.17, 15) is 4.79 Å². The number of benzene rings is 1. The van der Waals surface area contributed by atoms with Crippen LogP contribution in [0.25, 0.3) is 0 Å². The first-order chi connectivity index (χ1) is 8.72. The van der Waals surface area contributed by atoms with E-state index >= 15 is 0 Å². The molecule has 1 aliphatic rings. The Hall–Kier alpha value is -1.35. The lowest BCUT2D eigenvalue weighted by Gasteiger charge is -2.15. The van der Waals surface area contributed by atoms with Crippen LogP contribution >= 0.6 is 0 Å². The Labute approximate surface area is 110 Å². The molecule has 3 heteroatoms. The van der Waals surface area contributed by atoms with Gasteiger partial charge in [-0.2, -0.15) is 0 Å². The van der Waals surface area contributed by atoms with Crippen molar-refractivity contribution in [3.8, 4) is 0 Å². The van der Waals surface area contributed by atoms with E-state index in [1.807, 2.05) is 24.3 Å². The number of carbonyl (C=O) groups is 1. The monoisotopic (exact) mass is 248 g/mol. The molecule has 100 valence electrons. The highest BCUT2D eigenvalue weighted by Crippen LogP contribution is 2.11. The maximum Gasteiger partial charge on any atom is 0.251 e. The van der Waals surface area contributed by atoms with E-state index in [0.717, 1.165) is 24.1 Å². The molecule has 2 rings (SSSR count). The molecule has 0 unspecified atom stereocenters. The normalized spacial score (nSPS) is 13.4. The number of rotatable bonds is 3. The molecule has 0 aliphatic carbocycles. The number of hydrogen-bond donors (Lipinski definition) is 1. The first-order valence-corrected chi connectivity index (χ1v) is 6.81. The fraction of sp³-hybridized carbons (Fsp3) is 0.533. The molecule has 0 spiro atoms. The van der Waals surface area contributed by atoms with Gasteiger partial charge in [-0.15, -0.1) is 0 Å². The van der Waals surface area contributed by atoms with Crippen LogP contribution in [0.15, 0.2) is 24.3 Å². The quantitative estimate of drug-likeness (QED) is 0.890. The molecule has 0 saturated carbocycles. The van der Waals surface area contributed by atoms with Crippen LogP contribution in [0.1, 0.15) is 36.7 Å². The van der Waals surface area contributed by atoms with E-state index in [4.69, 9.17) is 0 Å². The van der Waals surface area contributed by atoms with Gasteiger partial charge in [0.25, 0.3) is 5.91 Å². The lowest BCUT2D eigenvalue weighted by molar-refractivity contribution is 0.0946. The number of carbonyl (C=O) groups excluding carboxylic acids is 1. The van der Waals surface area contributed by atoms with Crippen LogP contribution in [0.2, 0.25) is 0 Å². The van der Waals surface area contributed by atoms with Crippen molar-refractivity contribution in [1.29, 1.82) is 0 Å². The van der Waals surface area contributed by atoms with Crippen molar-refractivity contribution in [1.82, 2.24) is 10.2 Å². The fourth-order valence-electron chi connectivity index (χ4n) is 2.04. The van der Waals surface area contributed by atoms with E-state index in [0.29, 0.717) is 0 Å². The van der Waals surface area contributed by atoms with E-state index in [2.05, 4.69) is 31.0 Å². The molecule has 1 aromatic rings. The van der Waals surface area contributed by atoms with Gasteiger partial charge in [0.2, 0.25) is 0 Å². The molecule has 0 fully saturated rings. The molecule has 1 heterocycles. The van der Waals surface area contributed by atoms with Gasteiger partial charge in [-0.25, -0.2) is 0 Å². The Kier molecular flexibility index (Phi) is 6.44. The van der Waals surface area contributed by atoms with Gasteiger partial charge in [-0.05, 0) is 37.7 Å². The summed E-state index contributed by atoms with van der Waals surface area (Å²) in [5.74, 6) is 0.0619. The van der Waals surface area contributed by atoms with Crippen molar-refractivity contribution in [2.24, 2.45) is 0 Å². The zero-order chi connectivity index (χ0) is 13.4. The molecule has 0 aromatic heterocycles. The standard InChI is InChI=1S/C9H9NO.C6H15N/c11-9-8-4-2-1-3-7(8)5-6-10-9;1-4-7(5-2)6-3/h1-4H,5-6H2,(H,10,11);4-6H2,1-3H3. The second-order valence-electron chi connectivity index (χ2n) is 4.28. The summed E-state index contributed by atoms with van der Waals surface area (Å²) in [5.41, 5.74) is 2.00. The largest absolute Gasteiger partial charge is 0.352 e.